The molecule has 92 valence electrons. The number of benzene rings is 1. The molecule has 17 heavy (non-hydrogen) atoms. The molecular formula is C15H20O2. The van der Waals surface area contributed by atoms with Gasteiger partial charge in [-0.05, 0) is 31.7 Å². The molecule has 0 unspecified atom stereocenters. The van der Waals surface area contributed by atoms with Gasteiger partial charge in [-0.3, -0.25) is 0 Å². The highest BCUT2D eigenvalue weighted by molar-refractivity contribution is 5.49. The maximum Gasteiger partial charge on any atom is 0.104 e. The lowest BCUT2D eigenvalue weighted by Gasteiger charge is -2.28. The van der Waals surface area contributed by atoms with Crippen LogP contribution in [-0.2, 0) is 4.74 Å². The minimum Gasteiger partial charge on any atom is -0.387 e. The van der Waals surface area contributed by atoms with Crippen LogP contribution in [0.2, 0.25) is 0 Å². The van der Waals surface area contributed by atoms with Crippen LogP contribution >= 0.6 is 0 Å². The number of hydrogen-bond acceptors (Lipinski definition) is 2. The molecule has 0 amide bonds. The molecule has 0 aromatic heterocycles. The Kier molecular flexibility index (Phi) is 3.97. The van der Waals surface area contributed by atoms with E-state index in [-0.39, 0.29) is 6.10 Å². The average molecular weight is 232 g/mol. The molecule has 0 spiro atoms. The minimum absolute atomic E-state index is 0.204. The van der Waals surface area contributed by atoms with Gasteiger partial charge in [0, 0.05) is 6.61 Å². The van der Waals surface area contributed by atoms with E-state index in [0.29, 0.717) is 0 Å². The molecule has 1 aromatic carbocycles. The van der Waals surface area contributed by atoms with E-state index in [1.165, 1.54) is 0 Å². The van der Waals surface area contributed by atoms with E-state index in [4.69, 9.17) is 4.74 Å². The third-order valence-electron chi connectivity index (χ3n) is 3.25. The molecule has 0 bridgehead atoms. The van der Waals surface area contributed by atoms with Gasteiger partial charge in [-0.1, -0.05) is 42.5 Å². The van der Waals surface area contributed by atoms with Crippen molar-refractivity contribution in [2.24, 2.45) is 0 Å². The molecule has 2 rings (SSSR count). The summed E-state index contributed by atoms with van der Waals surface area (Å²) in [6, 6.07) is 10.1. The first-order valence-corrected chi connectivity index (χ1v) is 6.26. The van der Waals surface area contributed by atoms with Crippen molar-refractivity contribution >= 4 is 6.08 Å². The van der Waals surface area contributed by atoms with Gasteiger partial charge in [0.25, 0.3) is 0 Å². The van der Waals surface area contributed by atoms with Gasteiger partial charge in [-0.25, -0.2) is 0 Å². The number of ether oxygens (including phenoxy) is 1. The van der Waals surface area contributed by atoms with Crippen molar-refractivity contribution in [1.29, 1.82) is 0 Å². The fourth-order valence-electron chi connectivity index (χ4n) is 2.14. The quantitative estimate of drug-likeness (QED) is 0.849. The fraction of sp³-hybridized carbons (Fsp3) is 0.467. The molecule has 2 nitrogen and oxygen atoms in total. The summed E-state index contributed by atoms with van der Waals surface area (Å²) in [5.74, 6) is 0. The molecule has 1 aromatic rings. The van der Waals surface area contributed by atoms with E-state index in [0.717, 1.165) is 31.4 Å². The summed E-state index contributed by atoms with van der Waals surface area (Å²) in [6.07, 6.45) is 6.65. The summed E-state index contributed by atoms with van der Waals surface area (Å²) in [5, 5.41) is 10.3. The molecule has 0 saturated carbocycles. The van der Waals surface area contributed by atoms with E-state index >= 15 is 0 Å². The fourth-order valence-corrected chi connectivity index (χ4v) is 2.14. The first kappa shape index (κ1) is 12.3. The molecule has 1 N–H and O–H groups in total. The summed E-state index contributed by atoms with van der Waals surface area (Å²) in [4.78, 5) is 0. The van der Waals surface area contributed by atoms with Crippen LogP contribution in [0.5, 0.6) is 0 Å². The van der Waals surface area contributed by atoms with Crippen molar-refractivity contribution in [2.45, 2.75) is 37.9 Å². The molecule has 0 aliphatic carbocycles. The van der Waals surface area contributed by atoms with Gasteiger partial charge < -0.3 is 9.84 Å². The van der Waals surface area contributed by atoms with Crippen LogP contribution in [-0.4, -0.2) is 23.4 Å². The standard InChI is InChI=1S/C15H20O2/c1-15(16)11-5-6-12-17-14(15)10-9-13-7-3-2-4-8-13/h2-4,7-10,14,16H,5-6,11-12H2,1H3/b10-9-/t14-,15-/m1/s1. The van der Waals surface area contributed by atoms with Crippen molar-refractivity contribution < 1.29 is 9.84 Å². The van der Waals surface area contributed by atoms with Crippen LogP contribution < -0.4 is 0 Å². The van der Waals surface area contributed by atoms with Gasteiger partial charge in [0.15, 0.2) is 0 Å². The first-order chi connectivity index (χ1) is 8.18. The molecule has 1 aliphatic rings. The van der Waals surface area contributed by atoms with Crippen LogP contribution in [0, 0.1) is 0 Å². The van der Waals surface area contributed by atoms with E-state index in [1.807, 2.05) is 49.4 Å². The van der Waals surface area contributed by atoms with Crippen molar-refractivity contribution in [2.75, 3.05) is 6.61 Å². The number of rotatable bonds is 2. The lowest BCUT2D eigenvalue weighted by molar-refractivity contribution is -0.0641. The van der Waals surface area contributed by atoms with Crippen molar-refractivity contribution in [3.63, 3.8) is 0 Å². The Morgan fingerprint density at radius 3 is 2.82 bits per heavy atom. The molecular weight excluding hydrogens is 212 g/mol. The Balaban J connectivity index is 2.08. The lowest BCUT2D eigenvalue weighted by Crippen LogP contribution is -2.38. The predicted octanol–water partition coefficient (Wildman–Crippen LogP) is 3.02. The van der Waals surface area contributed by atoms with Crippen molar-refractivity contribution in [1.82, 2.24) is 0 Å². The van der Waals surface area contributed by atoms with E-state index in [2.05, 4.69) is 0 Å². The zero-order valence-corrected chi connectivity index (χ0v) is 10.3. The zero-order valence-electron chi connectivity index (χ0n) is 10.3. The van der Waals surface area contributed by atoms with Crippen molar-refractivity contribution in [3.05, 3.63) is 42.0 Å². The van der Waals surface area contributed by atoms with E-state index in [9.17, 15) is 5.11 Å². The molecule has 1 fully saturated rings. The first-order valence-electron chi connectivity index (χ1n) is 6.26. The van der Waals surface area contributed by atoms with E-state index in [1.54, 1.807) is 0 Å². The van der Waals surface area contributed by atoms with Crippen molar-refractivity contribution in [3.8, 4) is 0 Å². The molecule has 1 aliphatic heterocycles. The summed E-state index contributed by atoms with van der Waals surface area (Å²) in [6.45, 7) is 2.60. The van der Waals surface area contributed by atoms with Crippen LogP contribution in [0.1, 0.15) is 31.7 Å². The lowest BCUT2D eigenvalue weighted by atomic mass is 9.93. The predicted molar refractivity (Wildman–Crippen MR) is 69.7 cm³/mol. The van der Waals surface area contributed by atoms with Gasteiger partial charge in [0.1, 0.15) is 6.10 Å². The molecule has 2 atom stereocenters. The number of aliphatic hydroxyl groups is 1. The van der Waals surface area contributed by atoms with Crippen LogP contribution in [0.15, 0.2) is 36.4 Å². The Morgan fingerprint density at radius 1 is 1.29 bits per heavy atom. The summed E-state index contributed by atoms with van der Waals surface area (Å²) < 4.78 is 5.70. The second-order valence-corrected chi connectivity index (χ2v) is 4.88. The van der Waals surface area contributed by atoms with Crippen LogP contribution in [0.4, 0.5) is 0 Å². The Bertz CT molecular complexity index is 368. The SMILES string of the molecule is C[C@@]1(O)CCCCO[C@@H]1/C=C\c1ccccc1. The maximum atomic E-state index is 10.3. The minimum atomic E-state index is -0.748. The van der Waals surface area contributed by atoms with E-state index < -0.39 is 5.60 Å². The molecule has 2 heteroatoms. The topological polar surface area (TPSA) is 29.5 Å². The highest BCUT2D eigenvalue weighted by Gasteiger charge is 2.32. The number of hydrogen-bond donors (Lipinski definition) is 1. The maximum absolute atomic E-state index is 10.3. The van der Waals surface area contributed by atoms with Gasteiger partial charge in [-0.2, -0.15) is 0 Å². The Morgan fingerprint density at radius 2 is 2.06 bits per heavy atom. The third-order valence-corrected chi connectivity index (χ3v) is 3.25. The van der Waals surface area contributed by atoms with Gasteiger partial charge in [-0.15, -0.1) is 0 Å². The summed E-state index contributed by atoms with van der Waals surface area (Å²) >= 11 is 0. The van der Waals surface area contributed by atoms with Gasteiger partial charge in [0.05, 0.1) is 5.60 Å². The molecule has 1 saturated heterocycles. The Labute approximate surface area is 103 Å². The van der Waals surface area contributed by atoms with Crippen LogP contribution in [0.25, 0.3) is 6.08 Å². The monoisotopic (exact) mass is 232 g/mol. The molecule has 0 radical (unpaired) electrons. The summed E-state index contributed by atoms with van der Waals surface area (Å²) in [5.41, 5.74) is 0.387. The largest absolute Gasteiger partial charge is 0.387 e. The highest BCUT2D eigenvalue weighted by Crippen LogP contribution is 2.25. The zero-order chi connectivity index (χ0) is 12.1. The summed E-state index contributed by atoms with van der Waals surface area (Å²) in [7, 11) is 0. The Hall–Kier alpha value is -1.12. The highest BCUT2D eigenvalue weighted by atomic mass is 16.5. The second-order valence-electron chi connectivity index (χ2n) is 4.88. The normalized spacial score (nSPS) is 30.4. The second kappa shape index (κ2) is 5.48. The van der Waals surface area contributed by atoms with Gasteiger partial charge in [0.2, 0.25) is 0 Å². The molecule has 1 heterocycles. The third kappa shape index (κ3) is 3.42. The van der Waals surface area contributed by atoms with Gasteiger partial charge >= 0.3 is 0 Å². The average Bonchev–Trinajstić information content (AvgIpc) is 2.49. The smallest absolute Gasteiger partial charge is 0.104 e. The van der Waals surface area contributed by atoms with Crippen LogP contribution in [0.3, 0.4) is 0 Å².